The largest absolute Gasteiger partial charge is 0.369 e. The molecule has 1 heterocycles. The molecule has 2 N–H and O–H groups in total. The molecule has 1 atom stereocenters. The predicted octanol–water partition coefficient (Wildman–Crippen LogP) is 2.63. The van der Waals surface area contributed by atoms with Gasteiger partial charge < -0.3 is 10.6 Å². The van der Waals surface area contributed by atoms with Crippen LogP contribution in [0.3, 0.4) is 0 Å². The molecule has 1 aliphatic rings. The molecule has 0 radical (unpaired) electrons. The molecule has 1 aromatic carbocycles. The standard InChI is InChI=1S/C17H29N3/c1-15-6-5-8-17(14-15)20-12-10-19(11-13-20)9-4-3-7-16(2)18/h5-6,8,14,16H,3-4,7,9-13,18H2,1-2H3. The smallest absolute Gasteiger partial charge is 0.0369 e. The highest BCUT2D eigenvalue weighted by Crippen LogP contribution is 2.18. The van der Waals surface area contributed by atoms with Gasteiger partial charge in [-0.05, 0) is 50.9 Å². The highest BCUT2D eigenvalue weighted by molar-refractivity contribution is 5.48. The lowest BCUT2D eigenvalue weighted by Crippen LogP contribution is -2.46. The van der Waals surface area contributed by atoms with Gasteiger partial charge in [-0.1, -0.05) is 18.6 Å². The van der Waals surface area contributed by atoms with E-state index in [1.165, 1.54) is 43.7 Å². The van der Waals surface area contributed by atoms with Crippen LogP contribution in [0.5, 0.6) is 0 Å². The lowest BCUT2D eigenvalue weighted by molar-refractivity contribution is 0.251. The molecule has 112 valence electrons. The van der Waals surface area contributed by atoms with Gasteiger partial charge in [-0.2, -0.15) is 0 Å². The van der Waals surface area contributed by atoms with Crippen molar-refractivity contribution in [1.82, 2.24) is 4.90 Å². The lowest BCUT2D eigenvalue weighted by Gasteiger charge is -2.36. The fraction of sp³-hybridized carbons (Fsp3) is 0.647. The second-order valence-corrected chi connectivity index (χ2v) is 6.14. The Hall–Kier alpha value is -1.06. The molecule has 20 heavy (non-hydrogen) atoms. The maximum Gasteiger partial charge on any atom is 0.0369 e. The van der Waals surface area contributed by atoms with Crippen LogP contribution in [0.4, 0.5) is 5.69 Å². The van der Waals surface area contributed by atoms with Crippen LogP contribution in [0.2, 0.25) is 0 Å². The fourth-order valence-electron chi connectivity index (χ4n) is 2.86. The summed E-state index contributed by atoms with van der Waals surface area (Å²) in [7, 11) is 0. The Kier molecular flexibility index (Phi) is 5.86. The topological polar surface area (TPSA) is 32.5 Å². The zero-order chi connectivity index (χ0) is 14.4. The summed E-state index contributed by atoms with van der Waals surface area (Å²) in [5.41, 5.74) is 8.51. The van der Waals surface area contributed by atoms with Gasteiger partial charge in [0.25, 0.3) is 0 Å². The highest BCUT2D eigenvalue weighted by Gasteiger charge is 2.16. The first-order valence-electron chi connectivity index (χ1n) is 7.95. The maximum atomic E-state index is 5.79. The molecule has 0 aliphatic carbocycles. The van der Waals surface area contributed by atoms with Crippen LogP contribution < -0.4 is 10.6 Å². The zero-order valence-electron chi connectivity index (χ0n) is 13.0. The Labute approximate surface area is 123 Å². The quantitative estimate of drug-likeness (QED) is 0.810. The Morgan fingerprint density at radius 1 is 1.15 bits per heavy atom. The van der Waals surface area contributed by atoms with Crippen molar-refractivity contribution in [3.05, 3.63) is 29.8 Å². The van der Waals surface area contributed by atoms with E-state index in [2.05, 4.69) is 47.9 Å². The molecule has 2 rings (SSSR count). The van der Waals surface area contributed by atoms with Gasteiger partial charge in [0.05, 0.1) is 0 Å². The monoisotopic (exact) mass is 275 g/mol. The van der Waals surface area contributed by atoms with E-state index < -0.39 is 0 Å². The summed E-state index contributed by atoms with van der Waals surface area (Å²) in [5.74, 6) is 0. The van der Waals surface area contributed by atoms with Gasteiger partial charge in [0.2, 0.25) is 0 Å². The van der Waals surface area contributed by atoms with Gasteiger partial charge in [0, 0.05) is 37.9 Å². The van der Waals surface area contributed by atoms with Crippen molar-refractivity contribution in [3.63, 3.8) is 0 Å². The molecule has 0 spiro atoms. The number of hydrogen-bond donors (Lipinski definition) is 1. The Balaban J connectivity index is 1.70. The lowest BCUT2D eigenvalue weighted by atomic mass is 10.1. The SMILES string of the molecule is Cc1cccc(N2CCN(CCCCC(C)N)CC2)c1. The number of rotatable bonds is 6. The predicted molar refractivity (Wildman–Crippen MR) is 87.3 cm³/mol. The average Bonchev–Trinajstić information content (AvgIpc) is 2.44. The number of hydrogen-bond acceptors (Lipinski definition) is 3. The van der Waals surface area contributed by atoms with Crippen LogP contribution in [0, 0.1) is 6.92 Å². The van der Waals surface area contributed by atoms with Gasteiger partial charge in [-0.15, -0.1) is 0 Å². The van der Waals surface area contributed by atoms with Gasteiger partial charge in [-0.3, -0.25) is 4.90 Å². The van der Waals surface area contributed by atoms with Crippen molar-refractivity contribution >= 4 is 5.69 Å². The molecule has 0 amide bonds. The number of benzene rings is 1. The third-order valence-corrected chi connectivity index (χ3v) is 4.12. The summed E-state index contributed by atoms with van der Waals surface area (Å²) in [5, 5.41) is 0. The Morgan fingerprint density at radius 3 is 2.55 bits per heavy atom. The van der Waals surface area contributed by atoms with Gasteiger partial charge in [-0.25, -0.2) is 0 Å². The summed E-state index contributed by atoms with van der Waals surface area (Å²) in [6, 6.07) is 9.19. The van der Waals surface area contributed by atoms with Crippen molar-refractivity contribution in [3.8, 4) is 0 Å². The third-order valence-electron chi connectivity index (χ3n) is 4.12. The van der Waals surface area contributed by atoms with Crippen molar-refractivity contribution in [1.29, 1.82) is 0 Å². The van der Waals surface area contributed by atoms with E-state index in [0.717, 1.165) is 19.5 Å². The maximum absolute atomic E-state index is 5.79. The van der Waals surface area contributed by atoms with Crippen molar-refractivity contribution in [2.24, 2.45) is 5.73 Å². The molecular formula is C17H29N3. The zero-order valence-corrected chi connectivity index (χ0v) is 13.0. The number of aryl methyl sites for hydroxylation is 1. The summed E-state index contributed by atoms with van der Waals surface area (Å²) in [4.78, 5) is 5.10. The number of anilines is 1. The minimum atomic E-state index is 0.355. The van der Waals surface area contributed by atoms with Crippen LogP contribution in [0.25, 0.3) is 0 Å². The van der Waals surface area contributed by atoms with Gasteiger partial charge >= 0.3 is 0 Å². The molecular weight excluding hydrogens is 246 g/mol. The first-order chi connectivity index (χ1) is 9.65. The van der Waals surface area contributed by atoms with Crippen LogP contribution in [0.1, 0.15) is 31.7 Å². The minimum absolute atomic E-state index is 0.355. The molecule has 1 fully saturated rings. The normalized spacial score (nSPS) is 18.2. The molecule has 0 saturated carbocycles. The first kappa shape index (κ1) is 15.3. The van der Waals surface area contributed by atoms with Gasteiger partial charge in [0.1, 0.15) is 0 Å². The molecule has 1 aromatic rings. The summed E-state index contributed by atoms with van der Waals surface area (Å²) in [6.45, 7) is 10.2. The Morgan fingerprint density at radius 2 is 1.90 bits per heavy atom. The van der Waals surface area contributed by atoms with E-state index in [0.29, 0.717) is 6.04 Å². The number of nitrogens with zero attached hydrogens (tertiary/aromatic N) is 2. The number of piperazine rings is 1. The second-order valence-electron chi connectivity index (χ2n) is 6.14. The molecule has 0 aromatic heterocycles. The van der Waals surface area contributed by atoms with Crippen molar-refractivity contribution in [2.45, 2.75) is 39.2 Å². The number of unbranched alkanes of at least 4 members (excludes halogenated alkanes) is 1. The van der Waals surface area contributed by atoms with Crippen molar-refractivity contribution < 1.29 is 0 Å². The van der Waals surface area contributed by atoms with E-state index in [4.69, 9.17) is 5.73 Å². The van der Waals surface area contributed by atoms with E-state index >= 15 is 0 Å². The second kappa shape index (κ2) is 7.65. The molecule has 3 heteroatoms. The van der Waals surface area contributed by atoms with Crippen LogP contribution in [0.15, 0.2) is 24.3 Å². The Bertz CT molecular complexity index is 395. The highest BCUT2D eigenvalue weighted by atomic mass is 15.3. The average molecular weight is 275 g/mol. The molecule has 1 unspecified atom stereocenters. The van der Waals surface area contributed by atoms with E-state index in [-0.39, 0.29) is 0 Å². The number of nitrogens with two attached hydrogens (primary N) is 1. The summed E-state index contributed by atoms with van der Waals surface area (Å²) in [6.07, 6.45) is 3.70. The van der Waals surface area contributed by atoms with E-state index in [9.17, 15) is 0 Å². The van der Waals surface area contributed by atoms with Crippen molar-refractivity contribution in [2.75, 3.05) is 37.6 Å². The van der Waals surface area contributed by atoms with E-state index in [1.54, 1.807) is 0 Å². The first-order valence-corrected chi connectivity index (χ1v) is 7.95. The van der Waals surface area contributed by atoms with E-state index in [1.807, 2.05) is 0 Å². The van der Waals surface area contributed by atoms with Gasteiger partial charge in [0.15, 0.2) is 0 Å². The summed E-state index contributed by atoms with van der Waals surface area (Å²) >= 11 is 0. The molecule has 1 aliphatic heterocycles. The minimum Gasteiger partial charge on any atom is -0.369 e. The van der Waals surface area contributed by atoms with Crippen LogP contribution in [-0.4, -0.2) is 43.7 Å². The molecule has 3 nitrogen and oxygen atoms in total. The molecule has 0 bridgehead atoms. The summed E-state index contributed by atoms with van der Waals surface area (Å²) < 4.78 is 0. The van der Waals surface area contributed by atoms with Crippen LogP contribution in [-0.2, 0) is 0 Å². The molecule has 1 saturated heterocycles. The third kappa shape index (κ3) is 4.80. The van der Waals surface area contributed by atoms with Crippen LogP contribution >= 0.6 is 0 Å². The fourth-order valence-corrected chi connectivity index (χ4v) is 2.86.